The van der Waals surface area contributed by atoms with Gasteiger partial charge in [-0.2, -0.15) is 0 Å². The second-order valence-electron chi connectivity index (χ2n) is 2.55. The van der Waals surface area contributed by atoms with Crippen LogP contribution in [-0.4, -0.2) is 31.2 Å². The molecule has 0 aromatic carbocycles. The lowest BCUT2D eigenvalue weighted by molar-refractivity contribution is 0.115. The third-order valence-electron chi connectivity index (χ3n) is 1.95. The van der Waals surface area contributed by atoms with Gasteiger partial charge in [0.2, 0.25) is 0 Å². The van der Waals surface area contributed by atoms with Gasteiger partial charge in [-0.15, -0.1) is 0 Å². The number of rotatable bonds is 3. The van der Waals surface area contributed by atoms with E-state index in [0.29, 0.717) is 6.04 Å². The van der Waals surface area contributed by atoms with Gasteiger partial charge in [0, 0.05) is 13.1 Å². The van der Waals surface area contributed by atoms with Crippen molar-refractivity contribution in [1.29, 1.82) is 0 Å². The highest BCUT2D eigenvalue weighted by molar-refractivity contribution is 5.67. The smallest absolute Gasteiger partial charge is 0.409 e. The quantitative estimate of drug-likeness (QED) is 0.629. The van der Waals surface area contributed by atoms with Crippen LogP contribution in [0.3, 0.4) is 0 Å². The number of hydrogen-bond acceptors (Lipinski definition) is 2. The molecule has 1 amide bonds. The van der Waals surface area contributed by atoms with Crippen molar-refractivity contribution in [1.82, 2.24) is 4.90 Å². The summed E-state index contributed by atoms with van der Waals surface area (Å²) in [6, 6.07) is 0.308. The number of methoxy groups -OCH3 is 1. The lowest BCUT2D eigenvalue weighted by Crippen LogP contribution is -2.36. The molecule has 3 nitrogen and oxygen atoms in total. The Bertz CT molecular complexity index is 121. The van der Waals surface area contributed by atoms with Crippen LogP contribution in [0.5, 0.6) is 0 Å². The Morgan fingerprint density at radius 2 is 1.91 bits per heavy atom. The lowest BCUT2D eigenvalue weighted by Gasteiger charge is -2.24. The fourth-order valence-corrected chi connectivity index (χ4v) is 1.13. The molecule has 0 atom stereocenters. The van der Waals surface area contributed by atoms with Gasteiger partial charge in [0.25, 0.3) is 0 Å². The summed E-state index contributed by atoms with van der Waals surface area (Å²) in [6.45, 7) is 4.13. The summed E-state index contributed by atoms with van der Waals surface area (Å²) in [4.78, 5) is 12.6. The van der Waals surface area contributed by atoms with E-state index in [4.69, 9.17) is 0 Å². The van der Waals surface area contributed by atoms with E-state index in [9.17, 15) is 4.79 Å². The molecule has 3 heteroatoms. The Hall–Kier alpha value is -0.730. The Kier molecular flexibility index (Phi) is 4.66. The Morgan fingerprint density at radius 3 is 2.18 bits per heavy atom. The highest BCUT2D eigenvalue weighted by Crippen LogP contribution is 2.06. The van der Waals surface area contributed by atoms with E-state index >= 15 is 0 Å². The lowest BCUT2D eigenvalue weighted by atomic mass is 10.1. The fourth-order valence-electron chi connectivity index (χ4n) is 1.13. The average Bonchev–Trinajstić information content (AvgIpc) is 2.05. The van der Waals surface area contributed by atoms with Crippen LogP contribution >= 0.6 is 0 Å². The van der Waals surface area contributed by atoms with Crippen molar-refractivity contribution < 1.29 is 9.53 Å². The highest BCUT2D eigenvalue weighted by Gasteiger charge is 2.15. The first kappa shape index (κ1) is 10.3. The summed E-state index contributed by atoms with van der Waals surface area (Å²) in [5, 5.41) is 0. The minimum Gasteiger partial charge on any atom is -0.453 e. The predicted octanol–water partition coefficient (Wildman–Crippen LogP) is 1.87. The van der Waals surface area contributed by atoms with Gasteiger partial charge in [0.15, 0.2) is 0 Å². The standard InChI is InChI=1S/C8H17NO2/c1-5-7(6-2)9(3)8(10)11-4/h7H,5-6H2,1-4H3. The maximum Gasteiger partial charge on any atom is 0.409 e. The highest BCUT2D eigenvalue weighted by atomic mass is 16.5. The molecule has 0 aliphatic rings. The molecule has 0 fully saturated rings. The molecule has 0 unspecified atom stereocenters. The van der Waals surface area contributed by atoms with Crippen molar-refractivity contribution in [2.24, 2.45) is 0 Å². The van der Waals surface area contributed by atoms with Gasteiger partial charge in [0.05, 0.1) is 7.11 Å². The van der Waals surface area contributed by atoms with Gasteiger partial charge in [-0.1, -0.05) is 13.8 Å². The van der Waals surface area contributed by atoms with Crippen molar-refractivity contribution in [3.8, 4) is 0 Å². The Balaban J connectivity index is 3.97. The third-order valence-corrected chi connectivity index (χ3v) is 1.95. The summed E-state index contributed by atoms with van der Waals surface area (Å²) < 4.78 is 4.58. The van der Waals surface area contributed by atoms with Gasteiger partial charge in [-0.25, -0.2) is 4.79 Å². The summed E-state index contributed by atoms with van der Waals surface area (Å²) in [5.74, 6) is 0. The first-order valence-electron chi connectivity index (χ1n) is 3.98. The number of amides is 1. The second-order valence-corrected chi connectivity index (χ2v) is 2.55. The van der Waals surface area contributed by atoms with Gasteiger partial charge >= 0.3 is 6.09 Å². The zero-order chi connectivity index (χ0) is 8.85. The molecule has 0 radical (unpaired) electrons. The zero-order valence-corrected chi connectivity index (χ0v) is 7.76. The van der Waals surface area contributed by atoms with E-state index in [0.717, 1.165) is 12.8 Å². The summed E-state index contributed by atoms with van der Waals surface area (Å²) in [7, 11) is 3.17. The van der Waals surface area contributed by atoms with Crippen molar-refractivity contribution >= 4 is 6.09 Å². The molecule has 66 valence electrons. The van der Waals surface area contributed by atoms with Crippen molar-refractivity contribution in [2.75, 3.05) is 14.2 Å². The SMILES string of the molecule is CCC(CC)N(C)C(=O)OC. The number of carbonyl (C=O) groups is 1. The minimum atomic E-state index is -0.251. The van der Waals surface area contributed by atoms with Gasteiger partial charge in [0.1, 0.15) is 0 Å². The number of ether oxygens (including phenoxy) is 1. The van der Waals surface area contributed by atoms with Crippen LogP contribution in [0.4, 0.5) is 4.79 Å². The molecule has 0 saturated heterocycles. The summed E-state index contributed by atoms with van der Waals surface area (Å²) in [5.41, 5.74) is 0. The monoisotopic (exact) mass is 159 g/mol. The molecular weight excluding hydrogens is 142 g/mol. The maximum absolute atomic E-state index is 11.0. The molecular formula is C8H17NO2. The molecule has 11 heavy (non-hydrogen) atoms. The molecule has 0 N–H and O–H groups in total. The van der Waals surface area contributed by atoms with E-state index in [1.807, 2.05) is 0 Å². The molecule has 0 aromatic heterocycles. The molecule has 0 aromatic rings. The predicted molar refractivity (Wildman–Crippen MR) is 44.5 cm³/mol. The van der Waals surface area contributed by atoms with Crippen LogP contribution in [0.15, 0.2) is 0 Å². The van der Waals surface area contributed by atoms with E-state index in [2.05, 4.69) is 18.6 Å². The molecule has 0 saturated carbocycles. The maximum atomic E-state index is 11.0. The van der Waals surface area contributed by atoms with Crippen LogP contribution < -0.4 is 0 Å². The zero-order valence-electron chi connectivity index (χ0n) is 7.76. The molecule has 0 bridgehead atoms. The van der Waals surface area contributed by atoms with E-state index < -0.39 is 0 Å². The van der Waals surface area contributed by atoms with Crippen molar-refractivity contribution in [2.45, 2.75) is 32.7 Å². The molecule has 0 heterocycles. The summed E-state index contributed by atoms with van der Waals surface area (Å²) in [6.07, 6.45) is 1.70. The molecule has 0 spiro atoms. The minimum absolute atomic E-state index is 0.251. The van der Waals surface area contributed by atoms with E-state index in [1.54, 1.807) is 11.9 Å². The first-order valence-corrected chi connectivity index (χ1v) is 3.98. The Labute approximate surface area is 68.3 Å². The number of nitrogens with zero attached hydrogens (tertiary/aromatic N) is 1. The topological polar surface area (TPSA) is 29.5 Å². The van der Waals surface area contributed by atoms with Crippen LogP contribution in [0, 0.1) is 0 Å². The van der Waals surface area contributed by atoms with Gasteiger partial charge in [-0.3, -0.25) is 0 Å². The molecule has 0 aliphatic heterocycles. The van der Waals surface area contributed by atoms with E-state index in [-0.39, 0.29) is 6.09 Å². The van der Waals surface area contributed by atoms with Crippen molar-refractivity contribution in [3.63, 3.8) is 0 Å². The number of carbonyl (C=O) groups excluding carboxylic acids is 1. The first-order chi connectivity index (χ1) is 5.17. The fraction of sp³-hybridized carbons (Fsp3) is 0.875. The van der Waals surface area contributed by atoms with Crippen LogP contribution in [0.2, 0.25) is 0 Å². The largest absolute Gasteiger partial charge is 0.453 e. The van der Waals surface area contributed by atoms with Crippen LogP contribution in [0.1, 0.15) is 26.7 Å². The van der Waals surface area contributed by atoms with Gasteiger partial charge in [-0.05, 0) is 12.8 Å². The van der Waals surface area contributed by atoms with Gasteiger partial charge < -0.3 is 9.64 Å². The average molecular weight is 159 g/mol. The Morgan fingerprint density at radius 1 is 1.45 bits per heavy atom. The molecule has 0 aliphatic carbocycles. The number of hydrogen-bond donors (Lipinski definition) is 0. The van der Waals surface area contributed by atoms with Crippen LogP contribution in [0.25, 0.3) is 0 Å². The second kappa shape index (κ2) is 4.99. The third kappa shape index (κ3) is 2.78. The normalized spacial score (nSPS) is 9.91. The summed E-state index contributed by atoms with van der Waals surface area (Å²) >= 11 is 0. The van der Waals surface area contributed by atoms with E-state index in [1.165, 1.54) is 7.11 Å². The molecule has 0 rings (SSSR count). The van der Waals surface area contributed by atoms with Crippen LogP contribution in [-0.2, 0) is 4.74 Å². The van der Waals surface area contributed by atoms with Crippen molar-refractivity contribution in [3.05, 3.63) is 0 Å².